The Morgan fingerprint density at radius 2 is 1.85 bits per heavy atom. The van der Waals surface area contributed by atoms with Crippen molar-refractivity contribution in [3.05, 3.63) is 11.8 Å². The Labute approximate surface area is 82.2 Å². The molecule has 0 radical (unpaired) electrons. The summed E-state index contributed by atoms with van der Waals surface area (Å²) >= 11 is 0. The molecule has 1 unspecified atom stereocenters. The highest BCUT2D eigenvalue weighted by atomic mass is 15.6. The predicted octanol–water partition coefficient (Wildman–Crippen LogP) is 2.49. The minimum Gasteiger partial charge on any atom is -0.313 e. The van der Waals surface area contributed by atoms with E-state index in [2.05, 4.69) is 57.9 Å². The molecule has 0 aromatic carbocycles. The number of rotatable bonds is 1. The van der Waals surface area contributed by atoms with Gasteiger partial charge in [0.05, 0.1) is 6.04 Å². The van der Waals surface area contributed by atoms with Crippen LogP contribution >= 0.6 is 0 Å². The molecule has 0 saturated carbocycles. The monoisotopic (exact) mass is 182 g/mol. The van der Waals surface area contributed by atoms with Gasteiger partial charge in [0, 0.05) is 19.8 Å². The lowest BCUT2D eigenvalue weighted by molar-refractivity contribution is 0.0182. The van der Waals surface area contributed by atoms with E-state index in [-0.39, 0.29) is 0 Å². The van der Waals surface area contributed by atoms with Gasteiger partial charge >= 0.3 is 0 Å². The first kappa shape index (κ1) is 10.6. The van der Waals surface area contributed by atoms with Crippen molar-refractivity contribution < 1.29 is 0 Å². The minimum atomic E-state index is 0.319. The van der Waals surface area contributed by atoms with Crippen LogP contribution in [0.2, 0.25) is 0 Å². The SMILES string of the molecule is CCC1=CC(C(C)(C)C)N(C)N1C. The molecule has 0 aromatic rings. The van der Waals surface area contributed by atoms with Crippen molar-refractivity contribution in [1.29, 1.82) is 0 Å². The van der Waals surface area contributed by atoms with Gasteiger partial charge in [-0.15, -0.1) is 0 Å². The fourth-order valence-electron chi connectivity index (χ4n) is 1.94. The van der Waals surface area contributed by atoms with Crippen molar-refractivity contribution in [2.24, 2.45) is 5.41 Å². The lowest BCUT2D eigenvalue weighted by Gasteiger charge is -2.35. The van der Waals surface area contributed by atoms with E-state index in [1.54, 1.807) is 0 Å². The first-order valence-corrected chi connectivity index (χ1v) is 5.05. The second kappa shape index (κ2) is 3.33. The van der Waals surface area contributed by atoms with E-state index in [4.69, 9.17) is 0 Å². The van der Waals surface area contributed by atoms with E-state index in [0.29, 0.717) is 11.5 Å². The van der Waals surface area contributed by atoms with E-state index >= 15 is 0 Å². The van der Waals surface area contributed by atoms with Gasteiger partial charge in [0.15, 0.2) is 0 Å². The van der Waals surface area contributed by atoms with Crippen molar-refractivity contribution >= 4 is 0 Å². The summed E-state index contributed by atoms with van der Waals surface area (Å²) in [5.41, 5.74) is 1.75. The molecule has 2 heteroatoms. The summed E-state index contributed by atoms with van der Waals surface area (Å²) < 4.78 is 0. The summed E-state index contributed by atoms with van der Waals surface area (Å²) in [5.74, 6) is 0. The lowest BCUT2D eigenvalue weighted by Crippen LogP contribution is -2.42. The van der Waals surface area contributed by atoms with Crippen LogP contribution in [0.3, 0.4) is 0 Å². The summed E-state index contributed by atoms with van der Waals surface area (Å²) in [6.45, 7) is 9.08. The Bertz CT molecular complexity index is 213. The van der Waals surface area contributed by atoms with Crippen LogP contribution in [0.15, 0.2) is 11.8 Å². The maximum absolute atomic E-state index is 2.39. The second-order valence-electron chi connectivity index (χ2n) is 4.92. The normalized spacial score (nSPS) is 25.2. The molecule has 0 fully saturated rings. The molecule has 0 saturated heterocycles. The number of hydrogen-bond donors (Lipinski definition) is 0. The first-order chi connectivity index (χ1) is 5.88. The first-order valence-electron chi connectivity index (χ1n) is 5.05. The van der Waals surface area contributed by atoms with Gasteiger partial charge in [0.2, 0.25) is 0 Å². The van der Waals surface area contributed by atoms with Gasteiger partial charge in [0.1, 0.15) is 0 Å². The van der Waals surface area contributed by atoms with Crippen LogP contribution in [0.4, 0.5) is 0 Å². The molecule has 1 atom stereocenters. The predicted molar refractivity (Wildman–Crippen MR) is 57.1 cm³/mol. The Hall–Kier alpha value is -0.500. The summed E-state index contributed by atoms with van der Waals surface area (Å²) in [6.07, 6.45) is 3.51. The number of hydrazine groups is 1. The van der Waals surface area contributed by atoms with Gasteiger partial charge < -0.3 is 5.01 Å². The van der Waals surface area contributed by atoms with Gasteiger partial charge in [-0.2, -0.15) is 0 Å². The van der Waals surface area contributed by atoms with Crippen molar-refractivity contribution in [1.82, 2.24) is 10.0 Å². The van der Waals surface area contributed by atoms with Crippen LogP contribution in [0, 0.1) is 5.41 Å². The minimum absolute atomic E-state index is 0.319. The summed E-state index contributed by atoms with van der Waals surface area (Å²) in [5, 5.41) is 4.58. The molecule has 0 amide bonds. The van der Waals surface area contributed by atoms with Crippen molar-refractivity contribution in [3.63, 3.8) is 0 Å². The fourth-order valence-corrected chi connectivity index (χ4v) is 1.94. The van der Waals surface area contributed by atoms with Crippen LogP contribution in [-0.4, -0.2) is 30.2 Å². The Kier molecular flexibility index (Phi) is 2.71. The summed E-state index contributed by atoms with van der Waals surface area (Å²) in [6, 6.07) is 0.535. The standard InChI is InChI=1S/C11H22N2/c1-7-9-8-10(11(2,3)4)13(6)12(9)5/h8,10H,7H2,1-6H3. The van der Waals surface area contributed by atoms with Gasteiger partial charge in [-0.25, -0.2) is 5.01 Å². The number of allylic oxidation sites excluding steroid dienone is 1. The van der Waals surface area contributed by atoms with E-state index in [1.165, 1.54) is 5.70 Å². The van der Waals surface area contributed by atoms with Gasteiger partial charge in [-0.1, -0.05) is 27.7 Å². The number of likely N-dealkylation sites (N-methyl/N-ethyl adjacent to an activating group) is 1. The third-order valence-corrected chi connectivity index (χ3v) is 2.89. The molecule has 1 aliphatic rings. The van der Waals surface area contributed by atoms with Gasteiger partial charge in [-0.3, -0.25) is 0 Å². The van der Waals surface area contributed by atoms with Crippen molar-refractivity contribution in [3.8, 4) is 0 Å². The third kappa shape index (κ3) is 1.88. The zero-order chi connectivity index (χ0) is 10.2. The van der Waals surface area contributed by atoms with Gasteiger partial charge in [-0.05, 0) is 17.9 Å². The number of nitrogens with zero attached hydrogens (tertiary/aromatic N) is 2. The zero-order valence-corrected chi connectivity index (χ0v) is 9.76. The maximum atomic E-state index is 2.39. The molecule has 1 heterocycles. The van der Waals surface area contributed by atoms with E-state index in [0.717, 1.165) is 6.42 Å². The van der Waals surface area contributed by atoms with Crippen LogP contribution in [0.25, 0.3) is 0 Å². The highest BCUT2D eigenvalue weighted by Crippen LogP contribution is 2.32. The quantitative estimate of drug-likeness (QED) is 0.614. The molecule has 0 aromatic heterocycles. The smallest absolute Gasteiger partial charge is 0.0538 e. The van der Waals surface area contributed by atoms with Crippen LogP contribution < -0.4 is 0 Å². The molecule has 0 aliphatic carbocycles. The van der Waals surface area contributed by atoms with E-state index in [9.17, 15) is 0 Å². The molecule has 76 valence electrons. The molecule has 1 aliphatic heterocycles. The van der Waals surface area contributed by atoms with Crippen LogP contribution in [0.1, 0.15) is 34.1 Å². The summed E-state index contributed by atoms with van der Waals surface area (Å²) in [7, 11) is 4.30. The molecule has 0 bridgehead atoms. The average molecular weight is 182 g/mol. The Morgan fingerprint density at radius 3 is 2.08 bits per heavy atom. The molecule has 2 nitrogen and oxygen atoms in total. The molecular formula is C11H22N2. The largest absolute Gasteiger partial charge is 0.313 e. The van der Waals surface area contributed by atoms with Gasteiger partial charge in [0.25, 0.3) is 0 Å². The molecule has 0 N–H and O–H groups in total. The Morgan fingerprint density at radius 1 is 1.31 bits per heavy atom. The Balaban J connectivity index is 2.86. The summed E-state index contributed by atoms with van der Waals surface area (Å²) in [4.78, 5) is 0. The van der Waals surface area contributed by atoms with Crippen molar-refractivity contribution in [2.45, 2.75) is 40.2 Å². The molecule has 1 rings (SSSR count). The van der Waals surface area contributed by atoms with Crippen LogP contribution in [0.5, 0.6) is 0 Å². The zero-order valence-electron chi connectivity index (χ0n) is 9.76. The maximum Gasteiger partial charge on any atom is 0.0538 e. The topological polar surface area (TPSA) is 6.48 Å². The number of hydrogen-bond acceptors (Lipinski definition) is 2. The molecular weight excluding hydrogens is 160 g/mol. The lowest BCUT2D eigenvalue weighted by atomic mass is 9.86. The average Bonchev–Trinajstić information content (AvgIpc) is 2.28. The fraction of sp³-hybridized carbons (Fsp3) is 0.818. The van der Waals surface area contributed by atoms with Crippen molar-refractivity contribution in [2.75, 3.05) is 14.1 Å². The second-order valence-corrected chi connectivity index (χ2v) is 4.92. The highest BCUT2D eigenvalue weighted by Gasteiger charge is 2.33. The molecule has 0 spiro atoms. The third-order valence-electron chi connectivity index (χ3n) is 2.89. The molecule has 13 heavy (non-hydrogen) atoms. The van der Waals surface area contributed by atoms with E-state index in [1.807, 2.05) is 0 Å². The highest BCUT2D eigenvalue weighted by molar-refractivity contribution is 5.13. The van der Waals surface area contributed by atoms with E-state index < -0.39 is 0 Å². The van der Waals surface area contributed by atoms with Crippen LogP contribution in [-0.2, 0) is 0 Å².